The summed E-state index contributed by atoms with van der Waals surface area (Å²) in [5.41, 5.74) is 0.316. The number of pyridine rings is 1. The first-order chi connectivity index (χ1) is 9.63. The van der Waals surface area contributed by atoms with E-state index in [4.69, 9.17) is 20.9 Å². The molecule has 104 valence electrons. The maximum atomic E-state index is 12.0. The molecule has 1 aliphatic rings. The minimum absolute atomic E-state index is 0.0978. The molecule has 0 spiro atoms. The maximum absolute atomic E-state index is 12.0. The van der Waals surface area contributed by atoms with Crippen molar-refractivity contribution in [3.63, 3.8) is 0 Å². The van der Waals surface area contributed by atoms with Crippen LogP contribution in [0.1, 0.15) is 16.2 Å². The molecule has 0 aromatic carbocycles. The molecule has 0 N–H and O–H groups in total. The SMILES string of the molecule is Cc1cc(C(=O)N2CC(Oc3ncccc3Cl)C2)no1. The number of nitrogens with zero attached hydrogens (tertiary/aromatic N) is 3. The molecule has 7 heteroatoms. The Hall–Kier alpha value is -2.08. The third-order valence-corrected chi connectivity index (χ3v) is 3.27. The van der Waals surface area contributed by atoms with Crippen LogP contribution in [0.4, 0.5) is 0 Å². The second-order valence-corrected chi connectivity index (χ2v) is 4.97. The van der Waals surface area contributed by atoms with Crippen molar-refractivity contribution in [1.29, 1.82) is 0 Å². The lowest BCUT2D eigenvalue weighted by Gasteiger charge is -2.38. The van der Waals surface area contributed by atoms with E-state index < -0.39 is 0 Å². The zero-order chi connectivity index (χ0) is 14.1. The Morgan fingerprint density at radius 2 is 2.35 bits per heavy atom. The van der Waals surface area contributed by atoms with Crippen molar-refractivity contribution in [3.8, 4) is 5.88 Å². The number of amides is 1. The highest BCUT2D eigenvalue weighted by molar-refractivity contribution is 6.31. The first kappa shape index (κ1) is 12.9. The summed E-state index contributed by atoms with van der Waals surface area (Å²) in [6.07, 6.45) is 1.51. The van der Waals surface area contributed by atoms with Crippen LogP contribution in [0.3, 0.4) is 0 Å². The van der Waals surface area contributed by atoms with E-state index in [1.165, 1.54) is 0 Å². The summed E-state index contributed by atoms with van der Waals surface area (Å²) >= 11 is 5.96. The molecule has 0 unspecified atom stereocenters. The quantitative estimate of drug-likeness (QED) is 0.865. The normalized spacial score (nSPS) is 15.0. The summed E-state index contributed by atoms with van der Waals surface area (Å²) in [6, 6.07) is 5.06. The third-order valence-electron chi connectivity index (χ3n) is 2.99. The summed E-state index contributed by atoms with van der Waals surface area (Å²) in [5.74, 6) is 0.847. The van der Waals surface area contributed by atoms with Crippen LogP contribution in [0.25, 0.3) is 0 Å². The minimum atomic E-state index is -0.159. The molecule has 1 aliphatic heterocycles. The number of hydrogen-bond donors (Lipinski definition) is 0. The van der Waals surface area contributed by atoms with Crippen molar-refractivity contribution in [2.45, 2.75) is 13.0 Å². The number of aryl methyl sites for hydroxylation is 1. The van der Waals surface area contributed by atoms with E-state index in [1.54, 1.807) is 36.2 Å². The lowest BCUT2D eigenvalue weighted by atomic mass is 10.1. The highest BCUT2D eigenvalue weighted by Gasteiger charge is 2.34. The van der Waals surface area contributed by atoms with E-state index >= 15 is 0 Å². The van der Waals surface area contributed by atoms with Gasteiger partial charge in [-0.1, -0.05) is 16.8 Å². The number of likely N-dealkylation sites (tertiary alicyclic amines) is 1. The van der Waals surface area contributed by atoms with E-state index in [1.807, 2.05) is 0 Å². The largest absolute Gasteiger partial charge is 0.470 e. The Bertz CT molecular complexity index is 637. The molecule has 0 saturated carbocycles. The molecule has 1 fully saturated rings. The van der Waals surface area contributed by atoms with Crippen molar-refractivity contribution < 1.29 is 14.1 Å². The van der Waals surface area contributed by atoms with Crippen LogP contribution in [0.2, 0.25) is 5.02 Å². The molecule has 0 radical (unpaired) electrons. The lowest BCUT2D eigenvalue weighted by Crippen LogP contribution is -2.56. The Morgan fingerprint density at radius 1 is 1.55 bits per heavy atom. The Morgan fingerprint density at radius 3 is 3.00 bits per heavy atom. The molecule has 6 nitrogen and oxygen atoms in total. The Kier molecular flexibility index (Phi) is 3.31. The summed E-state index contributed by atoms with van der Waals surface area (Å²) in [6.45, 7) is 2.71. The van der Waals surface area contributed by atoms with Gasteiger partial charge in [0, 0.05) is 12.3 Å². The zero-order valence-corrected chi connectivity index (χ0v) is 11.5. The molecule has 1 saturated heterocycles. The molecule has 2 aromatic rings. The standard InChI is InChI=1S/C13H12ClN3O3/c1-8-5-11(16-20-8)13(18)17-6-9(7-17)19-12-10(14)3-2-4-15-12/h2-5,9H,6-7H2,1H3. The number of halogens is 1. The van der Waals surface area contributed by atoms with Gasteiger partial charge in [-0.15, -0.1) is 0 Å². The molecule has 1 amide bonds. The van der Waals surface area contributed by atoms with Crippen LogP contribution in [-0.4, -0.2) is 40.1 Å². The second-order valence-electron chi connectivity index (χ2n) is 4.56. The topological polar surface area (TPSA) is 68.5 Å². The molecule has 0 atom stereocenters. The van der Waals surface area contributed by atoms with Gasteiger partial charge in [-0.25, -0.2) is 4.98 Å². The fraction of sp³-hybridized carbons (Fsp3) is 0.308. The first-order valence-corrected chi connectivity index (χ1v) is 6.51. The average molecular weight is 294 g/mol. The summed E-state index contributed by atoms with van der Waals surface area (Å²) in [5, 5.41) is 4.16. The summed E-state index contributed by atoms with van der Waals surface area (Å²) < 4.78 is 10.5. The maximum Gasteiger partial charge on any atom is 0.276 e. The monoisotopic (exact) mass is 293 g/mol. The van der Waals surface area contributed by atoms with Gasteiger partial charge in [-0.05, 0) is 19.1 Å². The van der Waals surface area contributed by atoms with Crippen LogP contribution in [0.5, 0.6) is 5.88 Å². The van der Waals surface area contributed by atoms with Crippen LogP contribution < -0.4 is 4.74 Å². The lowest BCUT2D eigenvalue weighted by molar-refractivity contribution is 0.0153. The van der Waals surface area contributed by atoms with Crippen molar-refractivity contribution in [1.82, 2.24) is 15.0 Å². The highest BCUT2D eigenvalue weighted by Crippen LogP contribution is 2.24. The summed E-state index contributed by atoms with van der Waals surface area (Å²) in [4.78, 5) is 17.7. The van der Waals surface area contributed by atoms with Crippen LogP contribution in [-0.2, 0) is 0 Å². The molecule has 3 rings (SSSR count). The van der Waals surface area contributed by atoms with E-state index in [-0.39, 0.29) is 12.0 Å². The van der Waals surface area contributed by atoms with E-state index in [2.05, 4.69) is 10.1 Å². The van der Waals surface area contributed by atoms with Crippen LogP contribution >= 0.6 is 11.6 Å². The molecule has 2 aromatic heterocycles. The van der Waals surface area contributed by atoms with Gasteiger partial charge in [0.15, 0.2) is 5.69 Å². The van der Waals surface area contributed by atoms with E-state index in [0.717, 1.165) is 0 Å². The molecule has 0 bridgehead atoms. The van der Waals surface area contributed by atoms with Gasteiger partial charge in [-0.2, -0.15) is 0 Å². The number of aromatic nitrogens is 2. The van der Waals surface area contributed by atoms with Gasteiger partial charge in [-0.3, -0.25) is 4.79 Å². The Balaban J connectivity index is 1.57. The number of rotatable bonds is 3. The molecule has 20 heavy (non-hydrogen) atoms. The van der Waals surface area contributed by atoms with Crippen LogP contribution in [0, 0.1) is 6.92 Å². The van der Waals surface area contributed by atoms with Gasteiger partial charge >= 0.3 is 0 Å². The molecular weight excluding hydrogens is 282 g/mol. The number of carbonyl (C=O) groups excluding carboxylic acids is 1. The van der Waals surface area contributed by atoms with Gasteiger partial charge in [0.1, 0.15) is 16.9 Å². The first-order valence-electron chi connectivity index (χ1n) is 6.13. The van der Waals surface area contributed by atoms with E-state index in [0.29, 0.717) is 35.4 Å². The number of carbonyl (C=O) groups is 1. The van der Waals surface area contributed by atoms with Crippen molar-refractivity contribution >= 4 is 17.5 Å². The number of hydrogen-bond acceptors (Lipinski definition) is 5. The predicted octanol–water partition coefficient (Wildman–Crippen LogP) is 1.93. The average Bonchev–Trinajstić information content (AvgIpc) is 2.81. The van der Waals surface area contributed by atoms with Crippen molar-refractivity contribution in [2.24, 2.45) is 0 Å². The second kappa shape index (κ2) is 5.13. The van der Waals surface area contributed by atoms with Gasteiger partial charge in [0.25, 0.3) is 5.91 Å². The molecule has 0 aliphatic carbocycles. The van der Waals surface area contributed by atoms with Crippen molar-refractivity contribution in [3.05, 3.63) is 40.9 Å². The van der Waals surface area contributed by atoms with Gasteiger partial charge in [0.2, 0.25) is 5.88 Å². The third kappa shape index (κ3) is 2.46. The highest BCUT2D eigenvalue weighted by atomic mass is 35.5. The predicted molar refractivity (Wildman–Crippen MR) is 70.8 cm³/mol. The molecule has 3 heterocycles. The van der Waals surface area contributed by atoms with Gasteiger partial charge in [0.05, 0.1) is 13.1 Å². The smallest absolute Gasteiger partial charge is 0.276 e. The fourth-order valence-electron chi connectivity index (χ4n) is 1.92. The number of ether oxygens (including phenoxy) is 1. The summed E-state index contributed by atoms with van der Waals surface area (Å²) in [7, 11) is 0. The van der Waals surface area contributed by atoms with Gasteiger partial charge < -0.3 is 14.2 Å². The van der Waals surface area contributed by atoms with Crippen LogP contribution in [0.15, 0.2) is 28.9 Å². The molecular formula is C13H12ClN3O3. The van der Waals surface area contributed by atoms with Crippen molar-refractivity contribution in [2.75, 3.05) is 13.1 Å². The zero-order valence-electron chi connectivity index (χ0n) is 10.7. The Labute approximate surface area is 120 Å². The fourth-order valence-corrected chi connectivity index (χ4v) is 2.09. The minimum Gasteiger partial charge on any atom is -0.470 e. The van der Waals surface area contributed by atoms with E-state index in [9.17, 15) is 4.79 Å².